The molecule has 3 aromatic rings. The van der Waals surface area contributed by atoms with Gasteiger partial charge in [0.1, 0.15) is 0 Å². The Kier molecular flexibility index (Phi) is 4.47. The van der Waals surface area contributed by atoms with Gasteiger partial charge in [-0.05, 0) is 42.7 Å². The van der Waals surface area contributed by atoms with Crippen LogP contribution in [-0.2, 0) is 17.8 Å². The molecule has 148 valence electrons. The van der Waals surface area contributed by atoms with Gasteiger partial charge in [0.25, 0.3) is 11.8 Å². The fraction of sp³-hybridized carbons (Fsp3) is 0.154. The predicted octanol–water partition coefficient (Wildman–Crippen LogP) is 4.58. The zero-order valence-corrected chi connectivity index (χ0v) is 16.8. The van der Waals surface area contributed by atoms with Crippen LogP contribution in [0, 0.1) is 6.92 Å². The lowest BCUT2D eigenvalue weighted by Crippen LogP contribution is -2.42. The van der Waals surface area contributed by atoms with E-state index in [0.717, 1.165) is 25.1 Å². The van der Waals surface area contributed by atoms with Gasteiger partial charge in [-0.15, -0.1) is 0 Å². The molecule has 0 fully saturated rings. The molecular formula is C26H22N2O2. The molecule has 0 radical (unpaired) electrons. The molecule has 2 aliphatic rings. The van der Waals surface area contributed by atoms with Crippen LogP contribution >= 0.6 is 0 Å². The van der Waals surface area contributed by atoms with Crippen LogP contribution in [0.5, 0.6) is 0 Å². The second kappa shape index (κ2) is 7.30. The fourth-order valence-electron chi connectivity index (χ4n) is 4.22. The van der Waals surface area contributed by atoms with E-state index in [1.165, 1.54) is 16.0 Å². The van der Waals surface area contributed by atoms with Gasteiger partial charge in [-0.1, -0.05) is 60.2 Å². The number of carbonyl (C=O) groups is 2. The first-order valence-electron chi connectivity index (χ1n) is 10.2. The number of rotatable bonds is 2. The first-order chi connectivity index (χ1) is 14.6. The summed E-state index contributed by atoms with van der Waals surface area (Å²) in [5.41, 5.74) is 6.14. The molecule has 0 saturated heterocycles. The van der Waals surface area contributed by atoms with E-state index in [9.17, 15) is 9.59 Å². The van der Waals surface area contributed by atoms with E-state index in [4.69, 9.17) is 0 Å². The summed E-state index contributed by atoms with van der Waals surface area (Å²) < 4.78 is 0. The normalized spacial score (nSPS) is 17.2. The van der Waals surface area contributed by atoms with E-state index in [1.807, 2.05) is 61.7 Å². The van der Waals surface area contributed by atoms with Crippen molar-refractivity contribution in [1.29, 1.82) is 0 Å². The molecule has 5 rings (SSSR count). The molecule has 0 aromatic heterocycles. The molecule has 3 aromatic carbocycles. The molecule has 2 heterocycles. The van der Waals surface area contributed by atoms with Crippen molar-refractivity contribution in [2.45, 2.75) is 19.9 Å². The first kappa shape index (κ1) is 18.4. The largest absolute Gasteiger partial charge is 0.372 e. The summed E-state index contributed by atoms with van der Waals surface area (Å²) in [6.07, 6.45) is 2.88. The Balaban J connectivity index is 1.57. The lowest BCUT2D eigenvalue weighted by molar-refractivity contribution is -0.112. The first-order valence-corrected chi connectivity index (χ1v) is 10.2. The number of hydrogen-bond acceptors (Lipinski definition) is 3. The Morgan fingerprint density at radius 2 is 1.43 bits per heavy atom. The van der Waals surface area contributed by atoms with Gasteiger partial charge >= 0.3 is 0 Å². The maximum Gasteiger partial charge on any atom is 0.267 e. The number of benzene rings is 3. The van der Waals surface area contributed by atoms with E-state index in [0.29, 0.717) is 22.4 Å². The van der Waals surface area contributed by atoms with Gasteiger partial charge in [-0.2, -0.15) is 0 Å². The average Bonchev–Trinajstić information content (AvgIpc) is 2.78. The summed E-state index contributed by atoms with van der Waals surface area (Å²) in [6, 6.07) is 23.3. The van der Waals surface area contributed by atoms with Crippen molar-refractivity contribution in [3.8, 4) is 0 Å². The van der Waals surface area contributed by atoms with Gasteiger partial charge in [-0.3, -0.25) is 9.59 Å². The van der Waals surface area contributed by atoms with Gasteiger partial charge < -0.3 is 4.90 Å². The summed E-state index contributed by atoms with van der Waals surface area (Å²) in [5, 5.41) is 0. The van der Waals surface area contributed by atoms with Crippen molar-refractivity contribution >= 4 is 23.1 Å². The number of fused-ring (bicyclic) bond motifs is 2. The van der Waals surface area contributed by atoms with Crippen LogP contribution < -0.4 is 4.90 Å². The number of hydrogen-bond donors (Lipinski definition) is 0. The number of nitrogens with zero attached hydrogens (tertiary/aromatic N) is 2. The van der Waals surface area contributed by atoms with Gasteiger partial charge in [0.05, 0.1) is 11.3 Å². The van der Waals surface area contributed by atoms with E-state index < -0.39 is 0 Å². The number of anilines is 1. The van der Waals surface area contributed by atoms with Gasteiger partial charge in [0.15, 0.2) is 0 Å². The molecule has 2 amide bonds. The molecule has 4 heteroatoms. The number of amides is 2. The third-order valence-electron chi connectivity index (χ3n) is 5.85. The van der Waals surface area contributed by atoms with Crippen LogP contribution in [0.15, 0.2) is 79.0 Å². The van der Waals surface area contributed by atoms with Crippen molar-refractivity contribution in [3.63, 3.8) is 0 Å². The van der Waals surface area contributed by atoms with Crippen LogP contribution in [0.4, 0.5) is 5.69 Å². The molecule has 0 aliphatic carbocycles. The standard InChI is InChI=1S/C26H22N2O2/c1-18-10-12-21(13-11-18)28-25(29)23-9-5-4-8-22(23)24(26(28)30)17-27-15-14-19-6-2-3-7-20(19)16-27/h2-13,17H,14-16H2,1H3. The Morgan fingerprint density at radius 1 is 0.767 bits per heavy atom. The minimum absolute atomic E-state index is 0.276. The van der Waals surface area contributed by atoms with Crippen molar-refractivity contribution in [1.82, 2.24) is 4.90 Å². The molecule has 0 spiro atoms. The van der Waals surface area contributed by atoms with Crippen LogP contribution in [-0.4, -0.2) is 23.3 Å². The molecule has 4 nitrogen and oxygen atoms in total. The summed E-state index contributed by atoms with van der Waals surface area (Å²) in [4.78, 5) is 30.2. The van der Waals surface area contributed by atoms with Crippen molar-refractivity contribution in [2.75, 3.05) is 11.4 Å². The monoisotopic (exact) mass is 394 g/mol. The van der Waals surface area contributed by atoms with Crippen LogP contribution in [0.3, 0.4) is 0 Å². The minimum atomic E-state index is -0.277. The molecule has 0 bridgehead atoms. The summed E-state index contributed by atoms with van der Waals surface area (Å²) in [6.45, 7) is 3.58. The lowest BCUT2D eigenvalue weighted by Gasteiger charge is -2.32. The summed E-state index contributed by atoms with van der Waals surface area (Å²) in [7, 11) is 0. The summed E-state index contributed by atoms with van der Waals surface area (Å²) >= 11 is 0. The molecule has 0 unspecified atom stereocenters. The summed E-state index contributed by atoms with van der Waals surface area (Å²) in [5.74, 6) is -0.554. The third kappa shape index (κ3) is 3.11. The zero-order valence-electron chi connectivity index (χ0n) is 16.8. The lowest BCUT2D eigenvalue weighted by atomic mass is 9.93. The molecule has 30 heavy (non-hydrogen) atoms. The Morgan fingerprint density at radius 3 is 2.20 bits per heavy atom. The quantitative estimate of drug-likeness (QED) is 0.472. The van der Waals surface area contributed by atoms with Crippen molar-refractivity contribution in [2.24, 2.45) is 0 Å². The highest BCUT2D eigenvalue weighted by molar-refractivity contribution is 6.41. The van der Waals surface area contributed by atoms with Crippen LogP contribution in [0.1, 0.15) is 32.6 Å². The van der Waals surface area contributed by atoms with E-state index >= 15 is 0 Å². The highest BCUT2D eigenvalue weighted by atomic mass is 16.2. The maximum absolute atomic E-state index is 13.5. The molecule has 0 atom stereocenters. The Labute approximate surface area is 176 Å². The topological polar surface area (TPSA) is 40.6 Å². The van der Waals surface area contributed by atoms with Gasteiger partial charge in [-0.25, -0.2) is 4.90 Å². The van der Waals surface area contributed by atoms with Gasteiger partial charge in [0, 0.05) is 30.4 Å². The number of carbonyl (C=O) groups excluding carboxylic acids is 2. The maximum atomic E-state index is 13.5. The van der Waals surface area contributed by atoms with Gasteiger partial charge in [0.2, 0.25) is 0 Å². The highest BCUT2D eigenvalue weighted by Crippen LogP contribution is 2.33. The minimum Gasteiger partial charge on any atom is -0.372 e. The second-order valence-electron chi connectivity index (χ2n) is 7.86. The van der Waals surface area contributed by atoms with E-state index in [1.54, 1.807) is 6.07 Å². The van der Waals surface area contributed by atoms with Crippen LogP contribution in [0.25, 0.3) is 5.57 Å². The Hall–Kier alpha value is -3.66. The number of aryl methyl sites for hydroxylation is 1. The molecule has 0 saturated carbocycles. The van der Waals surface area contributed by atoms with E-state index in [2.05, 4.69) is 23.1 Å². The highest BCUT2D eigenvalue weighted by Gasteiger charge is 2.36. The number of imide groups is 1. The third-order valence-corrected chi connectivity index (χ3v) is 5.85. The fourth-order valence-corrected chi connectivity index (χ4v) is 4.22. The van der Waals surface area contributed by atoms with Crippen molar-refractivity contribution < 1.29 is 9.59 Å². The predicted molar refractivity (Wildman–Crippen MR) is 118 cm³/mol. The average molecular weight is 394 g/mol. The van der Waals surface area contributed by atoms with Crippen LogP contribution in [0.2, 0.25) is 0 Å². The second-order valence-corrected chi connectivity index (χ2v) is 7.86. The SMILES string of the molecule is Cc1ccc(N2C(=O)C(=CN3CCc4ccccc4C3)c3ccccc3C2=O)cc1. The molecule has 2 aliphatic heterocycles. The van der Waals surface area contributed by atoms with E-state index in [-0.39, 0.29) is 11.8 Å². The Bertz CT molecular complexity index is 1180. The smallest absolute Gasteiger partial charge is 0.267 e. The molecule has 0 N–H and O–H groups in total. The van der Waals surface area contributed by atoms with Crippen molar-refractivity contribution in [3.05, 3.63) is 107 Å². The zero-order chi connectivity index (χ0) is 20.7. The molecular weight excluding hydrogens is 372 g/mol.